The van der Waals surface area contributed by atoms with Gasteiger partial charge in [-0.05, 0) is 69.2 Å². The standard InChI is InChI=1S/C22H30ClN3O3/c1-15-14-17(23)4-5-20(15)24-22(28)25-10-6-18(7-11-25)26(21(27)16-2-3-16)19-8-12-29-13-9-19/h4-5,14,16,18-19H,2-3,6-13H2,1H3,(H,24,28). The Labute approximate surface area is 177 Å². The number of anilines is 1. The average Bonchev–Trinajstić information content (AvgIpc) is 3.57. The van der Waals surface area contributed by atoms with Gasteiger partial charge in [0.1, 0.15) is 0 Å². The van der Waals surface area contributed by atoms with Crippen LogP contribution in [0.15, 0.2) is 18.2 Å². The molecule has 0 aromatic heterocycles. The number of benzene rings is 1. The highest BCUT2D eigenvalue weighted by Crippen LogP contribution is 2.35. The van der Waals surface area contributed by atoms with Crippen LogP contribution in [-0.2, 0) is 9.53 Å². The van der Waals surface area contributed by atoms with Crippen molar-refractivity contribution in [2.24, 2.45) is 5.92 Å². The van der Waals surface area contributed by atoms with Crippen LogP contribution in [0.4, 0.5) is 10.5 Å². The number of piperidine rings is 1. The maximum absolute atomic E-state index is 13.0. The monoisotopic (exact) mass is 419 g/mol. The first-order valence-electron chi connectivity index (χ1n) is 10.7. The number of rotatable bonds is 4. The Bertz CT molecular complexity index is 754. The zero-order valence-electron chi connectivity index (χ0n) is 17.0. The predicted molar refractivity (Wildman–Crippen MR) is 113 cm³/mol. The number of aryl methyl sites for hydroxylation is 1. The zero-order chi connectivity index (χ0) is 20.4. The molecule has 29 heavy (non-hydrogen) atoms. The molecule has 1 aromatic carbocycles. The molecule has 2 saturated heterocycles. The third-order valence-electron chi connectivity index (χ3n) is 6.34. The molecule has 2 aliphatic heterocycles. The molecule has 0 radical (unpaired) electrons. The molecule has 1 N–H and O–H groups in total. The SMILES string of the molecule is Cc1cc(Cl)ccc1NC(=O)N1CCC(N(C(=O)C2CC2)C2CCOCC2)CC1. The lowest BCUT2D eigenvalue weighted by Crippen LogP contribution is -2.54. The molecule has 158 valence electrons. The summed E-state index contributed by atoms with van der Waals surface area (Å²) in [5.41, 5.74) is 1.73. The van der Waals surface area contributed by atoms with Crippen LogP contribution in [0.25, 0.3) is 0 Å². The number of amides is 3. The van der Waals surface area contributed by atoms with E-state index in [9.17, 15) is 9.59 Å². The summed E-state index contributed by atoms with van der Waals surface area (Å²) >= 11 is 6.00. The normalized spacial score (nSPS) is 21.1. The molecule has 0 atom stereocenters. The van der Waals surface area contributed by atoms with Gasteiger partial charge in [0.2, 0.25) is 5.91 Å². The van der Waals surface area contributed by atoms with Gasteiger partial charge in [-0.15, -0.1) is 0 Å². The Balaban J connectivity index is 1.36. The number of nitrogens with zero attached hydrogens (tertiary/aromatic N) is 2. The van der Waals surface area contributed by atoms with E-state index in [2.05, 4.69) is 10.2 Å². The molecule has 3 amide bonds. The summed E-state index contributed by atoms with van der Waals surface area (Å²) in [7, 11) is 0. The summed E-state index contributed by atoms with van der Waals surface area (Å²) in [6, 6.07) is 5.90. The van der Waals surface area contributed by atoms with Gasteiger partial charge in [0.05, 0.1) is 0 Å². The molecule has 3 fully saturated rings. The quantitative estimate of drug-likeness (QED) is 0.800. The van der Waals surface area contributed by atoms with Crippen molar-refractivity contribution in [3.63, 3.8) is 0 Å². The minimum absolute atomic E-state index is 0.0833. The molecule has 0 unspecified atom stereocenters. The fraction of sp³-hybridized carbons (Fsp3) is 0.636. The molecular formula is C22H30ClN3O3. The highest BCUT2D eigenvalue weighted by molar-refractivity contribution is 6.30. The smallest absolute Gasteiger partial charge is 0.321 e. The Morgan fingerprint density at radius 2 is 1.72 bits per heavy atom. The largest absolute Gasteiger partial charge is 0.381 e. The lowest BCUT2D eigenvalue weighted by molar-refractivity contribution is -0.141. The maximum Gasteiger partial charge on any atom is 0.321 e. The van der Waals surface area contributed by atoms with Gasteiger partial charge in [0.15, 0.2) is 0 Å². The number of hydrogen-bond acceptors (Lipinski definition) is 3. The number of halogens is 1. The fourth-order valence-electron chi connectivity index (χ4n) is 4.47. The minimum Gasteiger partial charge on any atom is -0.381 e. The van der Waals surface area contributed by atoms with Crippen molar-refractivity contribution in [2.45, 2.75) is 57.5 Å². The van der Waals surface area contributed by atoms with Crippen molar-refractivity contribution in [3.8, 4) is 0 Å². The highest BCUT2D eigenvalue weighted by Gasteiger charge is 2.41. The third-order valence-corrected chi connectivity index (χ3v) is 6.58. The second-order valence-corrected chi connectivity index (χ2v) is 8.91. The second kappa shape index (κ2) is 8.92. The van der Waals surface area contributed by atoms with E-state index in [0.717, 1.165) is 63.0 Å². The van der Waals surface area contributed by atoms with Crippen LogP contribution in [0.5, 0.6) is 0 Å². The second-order valence-electron chi connectivity index (χ2n) is 8.47. The summed E-state index contributed by atoms with van der Waals surface area (Å²) in [4.78, 5) is 29.8. The summed E-state index contributed by atoms with van der Waals surface area (Å²) in [6.07, 6.45) is 5.58. The Morgan fingerprint density at radius 1 is 1.07 bits per heavy atom. The number of ether oxygens (including phenoxy) is 1. The number of urea groups is 1. The van der Waals surface area contributed by atoms with Crippen LogP contribution in [-0.4, -0.2) is 60.1 Å². The number of nitrogens with one attached hydrogen (secondary N) is 1. The van der Waals surface area contributed by atoms with Crippen molar-refractivity contribution >= 4 is 29.2 Å². The first-order chi connectivity index (χ1) is 14.0. The highest BCUT2D eigenvalue weighted by atomic mass is 35.5. The maximum atomic E-state index is 13.0. The van der Waals surface area contributed by atoms with Gasteiger partial charge >= 0.3 is 6.03 Å². The minimum atomic E-state index is -0.0833. The summed E-state index contributed by atoms with van der Waals surface area (Å²) < 4.78 is 5.51. The van der Waals surface area contributed by atoms with Crippen LogP contribution in [0.2, 0.25) is 5.02 Å². The molecule has 7 heteroatoms. The van der Waals surface area contributed by atoms with E-state index in [1.54, 1.807) is 6.07 Å². The van der Waals surface area contributed by atoms with E-state index in [0.29, 0.717) is 30.1 Å². The van der Waals surface area contributed by atoms with Crippen LogP contribution in [0.1, 0.15) is 44.1 Å². The summed E-state index contributed by atoms with van der Waals surface area (Å²) in [6.45, 7) is 4.74. The Hall–Kier alpha value is -1.79. The van der Waals surface area contributed by atoms with Crippen LogP contribution >= 0.6 is 11.6 Å². The molecular weight excluding hydrogens is 390 g/mol. The fourth-order valence-corrected chi connectivity index (χ4v) is 4.70. The van der Waals surface area contributed by atoms with Gasteiger partial charge in [-0.3, -0.25) is 4.79 Å². The van der Waals surface area contributed by atoms with Crippen molar-refractivity contribution < 1.29 is 14.3 Å². The van der Waals surface area contributed by atoms with Gasteiger partial charge in [0.25, 0.3) is 0 Å². The molecule has 2 heterocycles. The number of carbonyl (C=O) groups excluding carboxylic acids is 2. The Morgan fingerprint density at radius 3 is 2.34 bits per heavy atom. The van der Waals surface area contributed by atoms with Crippen molar-refractivity contribution in [2.75, 3.05) is 31.6 Å². The summed E-state index contributed by atoms with van der Waals surface area (Å²) in [5, 5.41) is 3.66. The van der Waals surface area contributed by atoms with Crippen LogP contribution in [0.3, 0.4) is 0 Å². The van der Waals surface area contributed by atoms with Gasteiger partial charge < -0.3 is 19.9 Å². The van der Waals surface area contributed by atoms with Gasteiger partial charge in [-0.1, -0.05) is 11.6 Å². The van der Waals surface area contributed by atoms with E-state index in [1.807, 2.05) is 24.0 Å². The van der Waals surface area contributed by atoms with Gasteiger partial charge in [-0.25, -0.2) is 4.79 Å². The first kappa shape index (κ1) is 20.5. The van der Waals surface area contributed by atoms with E-state index in [4.69, 9.17) is 16.3 Å². The number of likely N-dealkylation sites (tertiary alicyclic amines) is 1. The third kappa shape index (κ3) is 4.86. The van der Waals surface area contributed by atoms with E-state index in [1.165, 1.54) is 0 Å². The number of hydrogen-bond donors (Lipinski definition) is 1. The Kier molecular flexibility index (Phi) is 6.30. The predicted octanol–water partition coefficient (Wildman–Crippen LogP) is 4.06. The lowest BCUT2D eigenvalue weighted by atomic mass is 9.97. The molecule has 6 nitrogen and oxygen atoms in total. The molecule has 4 rings (SSSR count). The average molecular weight is 420 g/mol. The molecule has 1 saturated carbocycles. The molecule has 1 aromatic rings. The van der Waals surface area contributed by atoms with E-state index >= 15 is 0 Å². The first-order valence-corrected chi connectivity index (χ1v) is 11.1. The van der Waals surface area contributed by atoms with Crippen LogP contribution in [0, 0.1) is 12.8 Å². The molecule has 1 aliphatic carbocycles. The van der Waals surface area contributed by atoms with Crippen molar-refractivity contribution in [1.29, 1.82) is 0 Å². The van der Waals surface area contributed by atoms with Crippen molar-refractivity contribution in [3.05, 3.63) is 28.8 Å². The summed E-state index contributed by atoms with van der Waals surface area (Å²) in [5.74, 6) is 0.559. The molecule has 3 aliphatic rings. The van der Waals surface area contributed by atoms with Gasteiger partial charge in [-0.2, -0.15) is 0 Å². The van der Waals surface area contributed by atoms with E-state index in [-0.39, 0.29) is 18.0 Å². The van der Waals surface area contributed by atoms with Crippen molar-refractivity contribution in [1.82, 2.24) is 9.80 Å². The zero-order valence-corrected chi connectivity index (χ0v) is 17.8. The number of carbonyl (C=O) groups is 2. The molecule has 0 spiro atoms. The molecule has 0 bridgehead atoms. The lowest BCUT2D eigenvalue weighted by Gasteiger charge is -2.43. The van der Waals surface area contributed by atoms with Gasteiger partial charge in [0, 0.05) is 55.0 Å². The topological polar surface area (TPSA) is 61.9 Å². The van der Waals surface area contributed by atoms with E-state index < -0.39 is 0 Å². The van der Waals surface area contributed by atoms with Crippen LogP contribution < -0.4 is 5.32 Å².